The summed E-state index contributed by atoms with van der Waals surface area (Å²) < 4.78 is 5.42. The van der Waals surface area contributed by atoms with Gasteiger partial charge in [0.25, 0.3) is 5.91 Å². The van der Waals surface area contributed by atoms with E-state index in [-0.39, 0.29) is 5.91 Å². The van der Waals surface area contributed by atoms with E-state index in [1.54, 1.807) is 18.1 Å². The highest BCUT2D eigenvalue weighted by molar-refractivity contribution is 6.00. The molecule has 1 amide bonds. The van der Waals surface area contributed by atoms with Crippen molar-refractivity contribution >= 4 is 5.91 Å². The lowest BCUT2D eigenvalue weighted by atomic mass is 9.93. The van der Waals surface area contributed by atoms with Gasteiger partial charge in [-0.1, -0.05) is 66.7 Å². The van der Waals surface area contributed by atoms with E-state index < -0.39 is 5.72 Å². The van der Waals surface area contributed by atoms with Gasteiger partial charge in [0.05, 0.1) is 7.11 Å². The van der Waals surface area contributed by atoms with Crippen molar-refractivity contribution in [2.24, 2.45) is 0 Å². The van der Waals surface area contributed by atoms with Gasteiger partial charge in [0.15, 0.2) is 5.72 Å². The lowest BCUT2D eigenvalue weighted by Gasteiger charge is -2.35. The summed E-state index contributed by atoms with van der Waals surface area (Å²) in [4.78, 5) is 14.7. The standard InChI is InChI=1S/C23H21NO3/c1-27-21-14-8-5-9-17(21)15-16-24-22(25)19-12-6-7-13-20(19)23(24,26)18-10-3-2-4-11-18/h2-14,26H,15-16H2,1H3. The average Bonchev–Trinajstić information content (AvgIpc) is 2.95. The third kappa shape index (κ3) is 2.78. The number of nitrogens with zero attached hydrogens (tertiary/aromatic N) is 1. The van der Waals surface area contributed by atoms with Crippen molar-refractivity contribution in [1.29, 1.82) is 0 Å². The van der Waals surface area contributed by atoms with Crippen LogP contribution in [0.25, 0.3) is 0 Å². The quantitative estimate of drug-likeness (QED) is 0.757. The molecular weight excluding hydrogens is 338 g/mol. The molecule has 0 saturated heterocycles. The molecule has 0 aliphatic carbocycles. The van der Waals surface area contributed by atoms with Crippen molar-refractivity contribution in [2.75, 3.05) is 13.7 Å². The monoisotopic (exact) mass is 359 g/mol. The molecule has 0 radical (unpaired) electrons. The van der Waals surface area contributed by atoms with Crippen LogP contribution >= 0.6 is 0 Å². The number of para-hydroxylation sites is 1. The molecule has 4 rings (SSSR count). The maximum absolute atomic E-state index is 13.1. The van der Waals surface area contributed by atoms with Crippen LogP contribution in [0.15, 0.2) is 78.9 Å². The maximum Gasteiger partial charge on any atom is 0.257 e. The molecule has 0 saturated carbocycles. The highest BCUT2D eigenvalue weighted by Gasteiger charge is 2.49. The van der Waals surface area contributed by atoms with Gasteiger partial charge in [0.1, 0.15) is 5.75 Å². The molecular formula is C23H21NO3. The summed E-state index contributed by atoms with van der Waals surface area (Å²) in [5.41, 5.74) is 1.38. The number of fused-ring (bicyclic) bond motifs is 1. The Kier molecular flexibility index (Phi) is 4.42. The Labute approximate surface area is 158 Å². The van der Waals surface area contributed by atoms with Gasteiger partial charge >= 0.3 is 0 Å². The topological polar surface area (TPSA) is 49.8 Å². The zero-order valence-corrected chi connectivity index (χ0v) is 15.1. The van der Waals surface area contributed by atoms with Crippen LogP contribution in [-0.4, -0.2) is 29.6 Å². The fourth-order valence-electron chi connectivity index (χ4n) is 3.80. The number of hydrogen-bond acceptors (Lipinski definition) is 3. The second-order valence-corrected chi connectivity index (χ2v) is 6.60. The number of benzene rings is 3. The normalized spacial score (nSPS) is 18.4. The van der Waals surface area contributed by atoms with Crippen molar-refractivity contribution in [3.05, 3.63) is 101 Å². The Morgan fingerprint density at radius 3 is 2.37 bits per heavy atom. The van der Waals surface area contributed by atoms with E-state index in [0.717, 1.165) is 11.3 Å². The summed E-state index contributed by atoms with van der Waals surface area (Å²) >= 11 is 0. The molecule has 1 unspecified atom stereocenters. The van der Waals surface area contributed by atoms with Crippen molar-refractivity contribution in [1.82, 2.24) is 4.90 Å². The molecule has 0 bridgehead atoms. The second-order valence-electron chi connectivity index (χ2n) is 6.60. The van der Waals surface area contributed by atoms with E-state index >= 15 is 0 Å². The molecule has 1 N–H and O–H groups in total. The van der Waals surface area contributed by atoms with E-state index in [1.165, 1.54) is 0 Å². The maximum atomic E-state index is 13.1. The van der Waals surface area contributed by atoms with Crippen LogP contribution < -0.4 is 4.74 Å². The molecule has 136 valence electrons. The average molecular weight is 359 g/mol. The summed E-state index contributed by atoms with van der Waals surface area (Å²) in [6.07, 6.45) is 0.582. The Hall–Kier alpha value is -3.11. The van der Waals surface area contributed by atoms with Gasteiger partial charge in [0, 0.05) is 23.2 Å². The number of amides is 1. The van der Waals surface area contributed by atoms with Gasteiger partial charge in [-0.15, -0.1) is 0 Å². The fourth-order valence-corrected chi connectivity index (χ4v) is 3.80. The number of carbonyl (C=O) groups is 1. The third-order valence-electron chi connectivity index (χ3n) is 5.14. The smallest absolute Gasteiger partial charge is 0.257 e. The van der Waals surface area contributed by atoms with Crippen molar-refractivity contribution < 1.29 is 14.6 Å². The highest BCUT2D eigenvalue weighted by atomic mass is 16.5. The zero-order chi connectivity index (χ0) is 18.9. The van der Waals surface area contributed by atoms with Gasteiger partial charge in [-0.3, -0.25) is 4.79 Å². The molecule has 1 heterocycles. The first-order chi connectivity index (χ1) is 13.2. The Morgan fingerprint density at radius 1 is 0.926 bits per heavy atom. The summed E-state index contributed by atoms with van der Waals surface area (Å²) in [7, 11) is 1.63. The van der Waals surface area contributed by atoms with E-state index in [0.29, 0.717) is 29.7 Å². The first kappa shape index (κ1) is 17.3. The molecule has 4 heteroatoms. The number of carbonyl (C=O) groups excluding carboxylic acids is 1. The highest BCUT2D eigenvalue weighted by Crippen LogP contribution is 2.42. The molecule has 0 spiro atoms. The van der Waals surface area contributed by atoms with Crippen molar-refractivity contribution in [3.8, 4) is 5.75 Å². The predicted molar refractivity (Wildman–Crippen MR) is 104 cm³/mol. The van der Waals surface area contributed by atoms with Crippen molar-refractivity contribution in [2.45, 2.75) is 12.1 Å². The molecule has 1 aliphatic rings. The van der Waals surface area contributed by atoms with Crippen LogP contribution in [0.1, 0.15) is 27.0 Å². The lowest BCUT2D eigenvalue weighted by molar-refractivity contribution is -0.0494. The third-order valence-corrected chi connectivity index (χ3v) is 5.14. The Morgan fingerprint density at radius 2 is 1.59 bits per heavy atom. The zero-order valence-electron chi connectivity index (χ0n) is 15.1. The minimum atomic E-state index is -1.48. The summed E-state index contributed by atoms with van der Waals surface area (Å²) in [5.74, 6) is 0.622. The molecule has 1 aliphatic heterocycles. The number of hydrogen-bond donors (Lipinski definition) is 1. The molecule has 0 fully saturated rings. The Bertz CT molecular complexity index is 970. The molecule has 4 nitrogen and oxygen atoms in total. The van der Waals surface area contributed by atoms with Crippen molar-refractivity contribution in [3.63, 3.8) is 0 Å². The molecule has 3 aromatic carbocycles. The second kappa shape index (κ2) is 6.89. The van der Waals surface area contributed by atoms with Gasteiger partial charge < -0.3 is 14.7 Å². The fraction of sp³-hybridized carbons (Fsp3) is 0.174. The minimum Gasteiger partial charge on any atom is -0.496 e. The van der Waals surface area contributed by atoms with Gasteiger partial charge in [-0.25, -0.2) is 0 Å². The van der Waals surface area contributed by atoms with Crippen LogP contribution in [0.3, 0.4) is 0 Å². The minimum absolute atomic E-state index is 0.160. The van der Waals surface area contributed by atoms with E-state index in [4.69, 9.17) is 4.74 Å². The first-order valence-electron chi connectivity index (χ1n) is 8.97. The first-order valence-corrected chi connectivity index (χ1v) is 8.97. The molecule has 3 aromatic rings. The summed E-state index contributed by atoms with van der Waals surface area (Å²) in [5, 5.41) is 11.7. The molecule has 27 heavy (non-hydrogen) atoms. The number of rotatable bonds is 5. The van der Waals surface area contributed by atoms with Crippen LogP contribution in [-0.2, 0) is 12.1 Å². The predicted octanol–water partition coefficient (Wildman–Crippen LogP) is 3.59. The van der Waals surface area contributed by atoms with Crippen LogP contribution in [0.5, 0.6) is 5.75 Å². The van der Waals surface area contributed by atoms with Crippen LogP contribution in [0.2, 0.25) is 0 Å². The number of aliphatic hydroxyl groups is 1. The summed E-state index contributed by atoms with van der Waals surface area (Å²) in [6.45, 7) is 0.374. The van der Waals surface area contributed by atoms with E-state index in [9.17, 15) is 9.90 Å². The summed E-state index contributed by atoms with van der Waals surface area (Å²) in [6, 6.07) is 24.4. The van der Waals surface area contributed by atoms with Gasteiger partial charge in [-0.05, 0) is 24.1 Å². The molecule has 0 aromatic heterocycles. The van der Waals surface area contributed by atoms with E-state index in [2.05, 4.69) is 0 Å². The number of ether oxygens (including phenoxy) is 1. The SMILES string of the molecule is COc1ccccc1CCN1C(=O)c2ccccc2C1(O)c1ccccc1. The largest absolute Gasteiger partial charge is 0.496 e. The van der Waals surface area contributed by atoms with E-state index in [1.807, 2.05) is 72.8 Å². The molecule has 1 atom stereocenters. The number of methoxy groups -OCH3 is 1. The van der Waals surface area contributed by atoms with Crippen LogP contribution in [0, 0.1) is 0 Å². The van der Waals surface area contributed by atoms with Gasteiger partial charge in [-0.2, -0.15) is 0 Å². The Balaban J connectivity index is 1.74. The van der Waals surface area contributed by atoms with Crippen LogP contribution in [0.4, 0.5) is 0 Å². The lowest BCUT2D eigenvalue weighted by Crippen LogP contribution is -2.45. The van der Waals surface area contributed by atoms with Gasteiger partial charge in [0.2, 0.25) is 0 Å².